The van der Waals surface area contributed by atoms with Gasteiger partial charge >= 0.3 is 0 Å². The lowest BCUT2D eigenvalue weighted by Gasteiger charge is -2.25. The van der Waals surface area contributed by atoms with Crippen LogP contribution in [0.2, 0.25) is 0 Å². The van der Waals surface area contributed by atoms with Crippen molar-refractivity contribution in [2.45, 2.75) is 33.1 Å². The number of carbonyl (C=O) groups excluding carboxylic acids is 1. The molecule has 11 heavy (non-hydrogen) atoms. The van der Waals surface area contributed by atoms with E-state index in [4.69, 9.17) is 0 Å². The minimum atomic E-state index is 0.295. The van der Waals surface area contributed by atoms with Gasteiger partial charge in [0.1, 0.15) is 6.29 Å². The molecule has 0 saturated heterocycles. The number of hydrogen-bond acceptors (Lipinski definition) is 1. The van der Waals surface area contributed by atoms with E-state index in [1.807, 2.05) is 0 Å². The predicted octanol–water partition coefficient (Wildman–Crippen LogP) is 2.57. The predicted molar refractivity (Wildman–Crippen MR) is 46.3 cm³/mol. The number of aldehydes is 1. The van der Waals surface area contributed by atoms with Crippen molar-refractivity contribution < 1.29 is 4.79 Å². The Kier molecular flexibility index (Phi) is 2.86. The highest BCUT2D eigenvalue weighted by Gasteiger charge is 2.21. The first-order valence-corrected chi connectivity index (χ1v) is 4.38. The number of hydrogen-bond donors (Lipinski definition) is 0. The molecule has 0 saturated carbocycles. The molecule has 1 heteroatoms. The van der Waals surface area contributed by atoms with E-state index in [0.29, 0.717) is 11.8 Å². The molecule has 0 N–H and O–H groups in total. The lowest BCUT2D eigenvalue weighted by atomic mass is 9.79. The van der Waals surface area contributed by atoms with E-state index >= 15 is 0 Å². The van der Waals surface area contributed by atoms with Crippen LogP contribution >= 0.6 is 0 Å². The summed E-state index contributed by atoms with van der Waals surface area (Å²) in [6.45, 7) is 4.32. The molecule has 2 unspecified atom stereocenters. The second-order valence-corrected chi connectivity index (χ2v) is 3.46. The summed E-state index contributed by atoms with van der Waals surface area (Å²) >= 11 is 0. The highest BCUT2D eigenvalue weighted by Crippen LogP contribution is 2.30. The van der Waals surface area contributed by atoms with Gasteiger partial charge in [0, 0.05) is 5.92 Å². The summed E-state index contributed by atoms with van der Waals surface area (Å²) in [6.07, 6.45) is 6.55. The lowest BCUT2D eigenvalue weighted by Crippen LogP contribution is -2.18. The summed E-state index contributed by atoms with van der Waals surface area (Å²) in [5.74, 6) is 0.904. The van der Waals surface area contributed by atoms with E-state index in [-0.39, 0.29) is 0 Å². The molecule has 1 aliphatic rings. The van der Waals surface area contributed by atoms with Crippen molar-refractivity contribution in [3.8, 4) is 0 Å². The van der Waals surface area contributed by atoms with Crippen molar-refractivity contribution in [1.29, 1.82) is 0 Å². The molecule has 0 aliphatic heterocycles. The smallest absolute Gasteiger partial charge is 0.123 e. The molecule has 62 valence electrons. The van der Waals surface area contributed by atoms with Gasteiger partial charge in [-0.25, -0.2) is 0 Å². The highest BCUT2D eigenvalue weighted by molar-refractivity contribution is 5.55. The highest BCUT2D eigenvalue weighted by atomic mass is 16.1. The fourth-order valence-corrected chi connectivity index (χ4v) is 1.79. The average molecular weight is 152 g/mol. The summed E-state index contributed by atoms with van der Waals surface area (Å²) in [5, 5.41) is 0. The topological polar surface area (TPSA) is 17.1 Å². The number of rotatable bonds is 2. The summed E-state index contributed by atoms with van der Waals surface area (Å²) in [5.41, 5.74) is 1.45. The van der Waals surface area contributed by atoms with Gasteiger partial charge in [-0.2, -0.15) is 0 Å². The average Bonchev–Trinajstić information content (AvgIpc) is 2.04. The Morgan fingerprint density at radius 2 is 2.45 bits per heavy atom. The van der Waals surface area contributed by atoms with Crippen LogP contribution in [0.4, 0.5) is 0 Å². The monoisotopic (exact) mass is 152 g/mol. The number of carbonyl (C=O) groups is 1. The zero-order valence-corrected chi connectivity index (χ0v) is 7.34. The van der Waals surface area contributed by atoms with Gasteiger partial charge in [0.15, 0.2) is 0 Å². The molecule has 0 heterocycles. The summed E-state index contributed by atoms with van der Waals surface area (Å²) in [6, 6.07) is 0. The Labute approximate surface area is 68.5 Å². The Morgan fingerprint density at radius 3 is 3.00 bits per heavy atom. The van der Waals surface area contributed by atoms with Gasteiger partial charge in [0.25, 0.3) is 0 Å². The third kappa shape index (κ3) is 1.92. The van der Waals surface area contributed by atoms with Crippen molar-refractivity contribution in [2.75, 3.05) is 0 Å². The second-order valence-electron chi connectivity index (χ2n) is 3.46. The molecule has 1 aliphatic carbocycles. The first-order valence-electron chi connectivity index (χ1n) is 4.38. The van der Waals surface area contributed by atoms with Crippen molar-refractivity contribution in [2.24, 2.45) is 11.8 Å². The maximum absolute atomic E-state index is 10.6. The molecule has 0 aromatic rings. The van der Waals surface area contributed by atoms with Gasteiger partial charge in [-0.3, -0.25) is 0 Å². The molecular formula is C10H16O. The minimum absolute atomic E-state index is 0.295. The molecule has 2 atom stereocenters. The van der Waals surface area contributed by atoms with Gasteiger partial charge in [-0.15, -0.1) is 0 Å². The first-order chi connectivity index (χ1) is 5.27. The number of allylic oxidation sites excluding steroid dienone is 2. The Balaban J connectivity index is 2.62. The Morgan fingerprint density at radius 1 is 1.73 bits per heavy atom. The van der Waals surface area contributed by atoms with E-state index in [1.165, 1.54) is 5.57 Å². The van der Waals surface area contributed by atoms with Crippen LogP contribution in [0.3, 0.4) is 0 Å². The first kappa shape index (κ1) is 8.51. The SMILES string of the molecule is CCC1CC(C)=CCC1C=O. The molecular weight excluding hydrogens is 136 g/mol. The third-order valence-corrected chi connectivity index (χ3v) is 2.63. The molecule has 0 amide bonds. The van der Waals surface area contributed by atoms with E-state index in [9.17, 15) is 4.79 Å². The van der Waals surface area contributed by atoms with Crippen LogP contribution in [0.5, 0.6) is 0 Å². The normalized spacial score (nSPS) is 31.3. The van der Waals surface area contributed by atoms with Crippen LogP contribution in [0.25, 0.3) is 0 Å². The zero-order chi connectivity index (χ0) is 8.27. The van der Waals surface area contributed by atoms with Crippen LogP contribution < -0.4 is 0 Å². The summed E-state index contributed by atoms with van der Waals surface area (Å²) in [4.78, 5) is 10.6. The molecule has 0 aromatic heterocycles. The van der Waals surface area contributed by atoms with E-state index in [1.54, 1.807) is 0 Å². The molecule has 0 radical (unpaired) electrons. The van der Waals surface area contributed by atoms with Crippen LogP contribution in [-0.4, -0.2) is 6.29 Å². The van der Waals surface area contributed by atoms with Crippen molar-refractivity contribution in [3.63, 3.8) is 0 Å². The second kappa shape index (κ2) is 3.70. The van der Waals surface area contributed by atoms with E-state index in [0.717, 1.165) is 25.5 Å². The van der Waals surface area contributed by atoms with Crippen LogP contribution in [-0.2, 0) is 4.79 Å². The Bertz CT molecular complexity index is 170. The van der Waals surface area contributed by atoms with Gasteiger partial charge in [0.05, 0.1) is 0 Å². The van der Waals surface area contributed by atoms with Crippen molar-refractivity contribution >= 4 is 6.29 Å². The molecule has 0 fully saturated rings. The molecule has 1 rings (SSSR count). The van der Waals surface area contributed by atoms with Crippen LogP contribution in [0, 0.1) is 11.8 Å². The standard InChI is InChI=1S/C10H16O/c1-3-9-6-8(2)4-5-10(9)7-11/h4,7,9-10H,3,5-6H2,1-2H3. The third-order valence-electron chi connectivity index (χ3n) is 2.63. The van der Waals surface area contributed by atoms with Crippen molar-refractivity contribution in [3.05, 3.63) is 11.6 Å². The van der Waals surface area contributed by atoms with Gasteiger partial charge in [-0.1, -0.05) is 25.0 Å². The molecule has 0 bridgehead atoms. The van der Waals surface area contributed by atoms with E-state index < -0.39 is 0 Å². The van der Waals surface area contributed by atoms with Crippen LogP contribution in [0.15, 0.2) is 11.6 Å². The fraction of sp³-hybridized carbons (Fsp3) is 0.700. The molecule has 0 spiro atoms. The van der Waals surface area contributed by atoms with Crippen LogP contribution in [0.1, 0.15) is 33.1 Å². The quantitative estimate of drug-likeness (QED) is 0.439. The lowest BCUT2D eigenvalue weighted by molar-refractivity contribution is -0.112. The maximum atomic E-state index is 10.6. The van der Waals surface area contributed by atoms with Gasteiger partial charge in [-0.05, 0) is 25.7 Å². The van der Waals surface area contributed by atoms with Gasteiger partial charge in [0.2, 0.25) is 0 Å². The van der Waals surface area contributed by atoms with E-state index in [2.05, 4.69) is 19.9 Å². The zero-order valence-electron chi connectivity index (χ0n) is 7.34. The summed E-state index contributed by atoms with van der Waals surface area (Å²) in [7, 11) is 0. The van der Waals surface area contributed by atoms with Crippen molar-refractivity contribution in [1.82, 2.24) is 0 Å². The van der Waals surface area contributed by atoms with Gasteiger partial charge < -0.3 is 4.79 Å². The summed E-state index contributed by atoms with van der Waals surface area (Å²) < 4.78 is 0. The maximum Gasteiger partial charge on any atom is 0.123 e. The molecule has 0 aromatic carbocycles. The largest absolute Gasteiger partial charge is 0.303 e. The minimum Gasteiger partial charge on any atom is -0.303 e. The molecule has 1 nitrogen and oxygen atoms in total. The Hall–Kier alpha value is -0.590. The fourth-order valence-electron chi connectivity index (χ4n) is 1.79.